The molecule has 100 valence electrons. The third kappa shape index (κ3) is 2.52. The summed E-state index contributed by atoms with van der Waals surface area (Å²) >= 11 is 0. The third-order valence-electron chi connectivity index (χ3n) is 4.03. The Labute approximate surface area is 109 Å². The predicted molar refractivity (Wildman–Crippen MR) is 72.8 cm³/mol. The molecule has 2 N–H and O–H groups in total. The molecule has 0 heterocycles. The first kappa shape index (κ1) is 13.4. The average molecular weight is 249 g/mol. The monoisotopic (exact) mass is 249 g/mol. The predicted octanol–water partition coefficient (Wildman–Crippen LogP) is 2.13. The number of phenolic OH excluding ortho intramolecular Hbond substituents is 1. The smallest absolute Gasteiger partial charge is 0.115 e. The van der Waals surface area contributed by atoms with Gasteiger partial charge in [0, 0.05) is 12.0 Å². The first-order chi connectivity index (χ1) is 8.54. The normalized spacial score (nSPS) is 28.6. The molecule has 2 rings (SSSR count). The van der Waals surface area contributed by atoms with E-state index in [2.05, 4.69) is 4.90 Å². The van der Waals surface area contributed by atoms with Crippen LogP contribution in [-0.2, 0) is 5.41 Å². The number of rotatable bonds is 3. The summed E-state index contributed by atoms with van der Waals surface area (Å²) < 4.78 is 0. The summed E-state index contributed by atoms with van der Waals surface area (Å²) in [6, 6.07) is 7.34. The molecule has 2 atom stereocenters. The van der Waals surface area contributed by atoms with Gasteiger partial charge in [-0.15, -0.1) is 0 Å². The lowest BCUT2D eigenvalue weighted by atomic mass is 9.67. The molecule has 1 aliphatic rings. The van der Waals surface area contributed by atoms with Gasteiger partial charge >= 0.3 is 0 Å². The van der Waals surface area contributed by atoms with Gasteiger partial charge in [-0.3, -0.25) is 0 Å². The van der Waals surface area contributed by atoms with Gasteiger partial charge in [-0.2, -0.15) is 0 Å². The molecule has 0 bridgehead atoms. The Kier molecular flexibility index (Phi) is 3.93. The van der Waals surface area contributed by atoms with Crippen LogP contribution >= 0.6 is 0 Å². The van der Waals surface area contributed by atoms with E-state index in [0.29, 0.717) is 0 Å². The molecule has 3 nitrogen and oxygen atoms in total. The maximum absolute atomic E-state index is 10.5. The number of hydrogen-bond acceptors (Lipinski definition) is 3. The van der Waals surface area contributed by atoms with Crippen molar-refractivity contribution in [1.29, 1.82) is 0 Å². The van der Waals surface area contributed by atoms with Crippen LogP contribution in [0, 0.1) is 0 Å². The molecule has 1 aromatic rings. The van der Waals surface area contributed by atoms with E-state index in [1.165, 1.54) is 0 Å². The highest BCUT2D eigenvalue weighted by Crippen LogP contribution is 2.40. The fraction of sp³-hybridized carbons (Fsp3) is 0.600. The fourth-order valence-corrected chi connectivity index (χ4v) is 3.19. The topological polar surface area (TPSA) is 43.7 Å². The van der Waals surface area contributed by atoms with Crippen LogP contribution in [0.15, 0.2) is 24.3 Å². The first-order valence-corrected chi connectivity index (χ1v) is 6.67. The molecule has 1 aliphatic carbocycles. The van der Waals surface area contributed by atoms with Crippen molar-refractivity contribution in [3.63, 3.8) is 0 Å². The number of nitrogens with zero attached hydrogens (tertiary/aromatic N) is 1. The van der Waals surface area contributed by atoms with Gasteiger partial charge in [-0.25, -0.2) is 0 Å². The van der Waals surface area contributed by atoms with Crippen molar-refractivity contribution in [2.45, 2.75) is 37.2 Å². The van der Waals surface area contributed by atoms with Gasteiger partial charge in [0.1, 0.15) is 5.75 Å². The maximum Gasteiger partial charge on any atom is 0.115 e. The standard InChI is InChI=1S/C15H23NO2/c1-16(2)11-15(10-4-3-5-14(15)18)12-6-8-13(17)9-7-12/h6-9,14,17-18H,3-5,10-11H2,1-2H3/t14-,15+/m0/s1. The SMILES string of the molecule is CN(C)C[C@@]1(c2ccc(O)cc2)CCCC[C@@H]1O. The Morgan fingerprint density at radius 1 is 1.22 bits per heavy atom. The number of aliphatic hydroxyl groups is 1. The van der Waals surface area contributed by atoms with Crippen molar-refractivity contribution >= 4 is 0 Å². The maximum atomic E-state index is 10.5. The number of aliphatic hydroxyl groups excluding tert-OH is 1. The summed E-state index contributed by atoms with van der Waals surface area (Å²) in [6.45, 7) is 0.846. The average Bonchev–Trinajstić information content (AvgIpc) is 2.32. The van der Waals surface area contributed by atoms with Crippen molar-refractivity contribution in [2.24, 2.45) is 0 Å². The molecular weight excluding hydrogens is 226 g/mol. The van der Waals surface area contributed by atoms with Crippen LogP contribution < -0.4 is 0 Å². The third-order valence-corrected chi connectivity index (χ3v) is 4.03. The van der Waals surface area contributed by atoms with E-state index >= 15 is 0 Å². The Balaban J connectivity index is 2.37. The molecule has 0 saturated heterocycles. The second-order valence-electron chi connectivity index (χ2n) is 5.70. The van der Waals surface area contributed by atoms with Crippen LogP contribution in [0.1, 0.15) is 31.2 Å². The highest BCUT2D eigenvalue weighted by Gasteiger charge is 2.41. The van der Waals surface area contributed by atoms with Gasteiger partial charge in [0.2, 0.25) is 0 Å². The highest BCUT2D eigenvalue weighted by molar-refractivity contribution is 5.33. The second-order valence-corrected chi connectivity index (χ2v) is 5.70. The highest BCUT2D eigenvalue weighted by atomic mass is 16.3. The van der Waals surface area contributed by atoms with Crippen LogP contribution in [0.2, 0.25) is 0 Å². The zero-order valence-corrected chi connectivity index (χ0v) is 11.3. The van der Waals surface area contributed by atoms with Crippen molar-refractivity contribution in [3.8, 4) is 5.75 Å². The lowest BCUT2D eigenvalue weighted by molar-refractivity contribution is 0.0264. The summed E-state index contributed by atoms with van der Waals surface area (Å²) in [5.74, 6) is 0.282. The lowest BCUT2D eigenvalue weighted by Crippen LogP contribution is -2.49. The first-order valence-electron chi connectivity index (χ1n) is 6.67. The summed E-state index contributed by atoms with van der Waals surface area (Å²) in [5, 5.41) is 19.9. The number of phenols is 1. The minimum Gasteiger partial charge on any atom is -0.508 e. The second kappa shape index (κ2) is 5.29. The molecule has 0 spiro atoms. The number of likely N-dealkylation sites (N-methyl/N-ethyl adjacent to an activating group) is 1. The molecule has 1 fully saturated rings. The Morgan fingerprint density at radius 3 is 2.44 bits per heavy atom. The largest absolute Gasteiger partial charge is 0.508 e. The zero-order valence-electron chi connectivity index (χ0n) is 11.3. The Hall–Kier alpha value is -1.06. The molecule has 3 heteroatoms. The molecule has 1 aromatic carbocycles. The minimum absolute atomic E-state index is 0.185. The van der Waals surface area contributed by atoms with Gasteiger partial charge in [0.05, 0.1) is 6.10 Å². The van der Waals surface area contributed by atoms with Crippen LogP contribution in [0.4, 0.5) is 0 Å². The number of benzene rings is 1. The molecule has 0 radical (unpaired) electrons. The molecule has 18 heavy (non-hydrogen) atoms. The van der Waals surface area contributed by atoms with Crippen molar-refractivity contribution in [3.05, 3.63) is 29.8 Å². The van der Waals surface area contributed by atoms with Crippen LogP contribution in [0.25, 0.3) is 0 Å². The molecular formula is C15H23NO2. The van der Waals surface area contributed by atoms with Gasteiger partial charge in [-0.05, 0) is 44.6 Å². The Morgan fingerprint density at radius 2 is 1.89 bits per heavy atom. The van der Waals surface area contributed by atoms with Crippen LogP contribution in [0.3, 0.4) is 0 Å². The van der Waals surface area contributed by atoms with E-state index in [9.17, 15) is 10.2 Å². The van der Waals surface area contributed by atoms with E-state index in [1.807, 2.05) is 26.2 Å². The van der Waals surface area contributed by atoms with E-state index < -0.39 is 0 Å². The molecule has 0 aromatic heterocycles. The van der Waals surface area contributed by atoms with Gasteiger partial charge < -0.3 is 15.1 Å². The Bertz CT molecular complexity index is 388. The van der Waals surface area contributed by atoms with Gasteiger partial charge in [-0.1, -0.05) is 25.0 Å². The summed E-state index contributed by atoms with van der Waals surface area (Å²) in [7, 11) is 4.09. The quantitative estimate of drug-likeness (QED) is 0.862. The molecule has 0 amide bonds. The van der Waals surface area contributed by atoms with Crippen LogP contribution in [0.5, 0.6) is 5.75 Å². The van der Waals surface area contributed by atoms with E-state index in [1.54, 1.807) is 12.1 Å². The van der Waals surface area contributed by atoms with E-state index in [0.717, 1.165) is 37.8 Å². The van der Waals surface area contributed by atoms with Crippen LogP contribution in [-0.4, -0.2) is 41.9 Å². The van der Waals surface area contributed by atoms with E-state index in [4.69, 9.17) is 0 Å². The minimum atomic E-state index is -0.293. The fourth-order valence-electron chi connectivity index (χ4n) is 3.19. The summed E-state index contributed by atoms with van der Waals surface area (Å²) in [6.07, 6.45) is 3.85. The summed E-state index contributed by atoms with van der Waals surface area (Å²) in [4.78, 5) is 2.14. The van der Waals surface area contributed by atoms with Gasteiger partial charge in [0.15, 0.2) is 0 Å². The lowest BCUT2D eigenvalue weighted by Gasteiger charge is -2.43. The van der Waals surface area contributed by atoms with Gasteiger partial charge in [0.25, 0.3) is 0 Å². The van der Waals surface area contributed by atoms with Crippen molar-refractivity contribution in [1.82, 2.24) is 4.90 Å². The number of aromatic hydroxyl groups is 1. The number of hydrogen-bond donors (Lipinski definition) is 2. The van der Waals surface area contributed by atoms with E-state index in [-0.39, 0.29) is 17.3 Å². The summed E-state index contributed by atoms with van der Waals surface area (Å²) in [5.41, 5.74) is 0.955. The molecule has 0 aliphatic heterocycles. The molecule has 0 unspecified atom stereocenters. The van der Waals surface area contributed by atoms with Crippen molar-refractivity contribution in [2.75, 3.05) is 20.6 Å². The van der Waals surface area contributed by atoms with Crippen molar-refractivity contribution < 1.29 is 10.2 Å². The molecule has 1 saturated carbocycles. The zero-order chi connectivity index (χ0) is 13.2.